The van der Waals surface area contributed by atoms with Gasteiger partial charge in [0.1, 0.15) is 11.5 Å². The Balaban J connectivity index is 1.94. The molecular weight excluding hydrogens is 414 g/mol. The van der Waals surface area contributed by atoms with Gasteiger partial charge in [0.2, 0.25) is 10.0 Å². The SMILES string of the molecule is COc1ccc(CN(Cc2ccc(OC)cc2)S(=O)(=O)c2ccc(C(C)=O)cc2)cc1. The van der Waals surface area contributed by atoms with E-state index in [2.05, 4.69) is 0 Å². The van der Waals surface area contributed by atoms with Crippen molar-refractivity contribution >= 4 is 15.8 Å². The molecule has 6 nitrogen and oxygen atoms in total. The topological polar surface area (TPSA) is 72.9 Å². The van der Waals surface area contributed by atoms with Crippen molar-refractivity contribution in [2.24, 2.45) is 0 Å². The van der Waals surface area contributed by atoms with Gasteiger partial charge in [0, 0.05) is 18.7 Å². The number of hydrogen-bond donors (Lipinski definition) is 0. The van der Waals surface area contributed by atoms with Crippen LogP contribution in [0.2, 0.25) is 0 Å². The lowest BCUT2D eigenvalue weighted by atomic mass is 10.2. The Morgan fingerprint density at radius 3 is 1.52 bits per heavy atom. The number of hydrogen-bond acceptors (Lipinski definition) is 5. The molecule has 0 fully saturated rings. The van der Waals surface area contributed by atoms with E-state index in [1.165, 1.54) is 35.5 Å². The van der Waals surface area contributed by atoms with Crippen LogP contribution in [0.25, 0.3) is 0 Å². The fourth-order valence-electron chi connectivity index (χ4n) is 3.11. The highest BCUT2D eigenvalue weighted by molar-refractivity contribution is 7.89. The van der Waals surface area contributed by atoms with Gasteiger partial charge in [-0.3, -0.25) is 4.79 Å². The molecule has 31 heavy (non-hydrogen) atoms. The average molecular weight is 440 g/mol. The summed E-state index contributed by atoms with van der Waals surface area (Å²) in [4.78, 5) is 11.7. The summed E-state index contributed by atoms with van der Waals surface area (Å²) in [6.45, 7) is 1.82. The molecule has 7 heteroatoms. The first-order valence-electron chi connectivity index (χ1n) is 9.70. The summed E-state index contributed by atoms with van der Waals surface area (Å²) in [5.41, 5.74) is 2.13. The third-order valence-electron chi connectivity index (χ3n) is 4.93. The highest BCUT2D eigenvalue weighted by Gasteiger charge is 2.25. The molecule has 162 valence electrons. The predicted molar refractivity (Wildman–Crippen MR) is 119 cm³/mol. The summed E-state index contributed by atoms with van der Waals surface area (Å²) in [6.07, 6.45) is 0. The number of nitrogens with zero attached hydrogens (tertiary/aromatic N) is 1. The van der Waals surface area contributed by atoms with Gasteiger partial charge in [0.15, 0.2) is 5.78 Å². The second-order valence-electron chi connectivity index (χ2n) is 7.05. The predicted octanol–water partition coefficient (Wildman–Crippen LogP) is 4.30. The zero-order valence-corrected chi connectivity index (χ0v) is 18.6. The lowest BCUT2D eigenvalue weighted by Gasteiger charge is -2.23. The van der Waals surface area contributed by atoms with Crippen LogP contribution < -0.4 is 9.47 Å². The summed E-state index contributed by atoms with van der Waals surface area (Å²) < 4.78 is 38.7. The van der Waals surface area contributed by atoms with Crippen molar-refractivity contribution in [1.82, 2.24) is 4.31 Å². The van der Waals surface area contributed by atoms with Crippen molar-refractivity contribution in [3.63, 3.8) is 0 Å². The van der Waals surface area contributed by atoms with Crippen LogP contribution in [0, 0.1) is 0 Å². The molecule has 0 bridgehead atoms. The van der Waals surface area contributed by atoms with Crippen LogP contribution in [-0.2, 0) is 23.1 Å². The molecule has 0 saturated heterocycles. The van der Waals surface area contributed by atoms with Crippen molar-refractivity contribution in [3.05, 3.63) is 89.5 Å². The normalized spacial score (nSPS) is 11.4. The second kappa shape index (κ2) is 9.76. The molecule has 3 aromatic rings. The van der Waals surface area contributed by atoms with Crippen LogP contribution in [0.3, 0.4) is 0 Å². The third-order valence-corrected chi connectivity index (χ3v) is 6.74. The van der Waals surface area contributed by atoms with Gasteiger partial charge in [-0.15, -0.1) is 0 Å². The molecule has 0 radical (unpaired) electrons. The molecule has 0 spiro atoms. The molecule has 0 heterocycles. The van der Waals surface area contributed by atoms with Crippen molar-refractivity contribution in [2.45, 2.75) is 24.9 Å². The lowest BCUT2D eigenvalue weighted by Crippen LogP contribution is -2.30. The maximum Gasteiger partial charge on any atom is 0.243 e. The van der Waals surface area contributed by atoms with Crippen molar-refractivity contribution < 1.29 is 22.7 Å². The first kappa shape index (κ1) is 22.5. The van der Waals surface area contributed by atoms with Gasteiger partial charge in [-0.2, -0.15) is 4.31 Å². The van der Waals surface area contributed by atoms with E-state index in [1.54, 1.807) is 38.5 Å². The Hall–Kier alpha value is -3.16. The van der Waals surface area contributed by atoms with E-state index in [4.69, 9.17) is 9.47 Å². The minimum Gasteiger partial charge on any atom is -0.497 e. The zero-order chi connectivity index (χ0) is 22.4. The Kier molecular flexibility index (Phi) is 7.09. The van der Waals surface area contributed by atoms with E-state index >= 15 is 0 Å². The Morgan fingerprint density at radius 1 is 0.742 bits per heavy atom. The average Bonchev–Trinajstić information content (AvgIpc) is 2.79. The highest BCUT2D eigenvalue weighted by atomic mass is 32.2. The smallest absolute Gasteiger partial charge is 0.243 e. The van der Waals surface area contributed by atoms with E-state index in [9.17, 15) is 13.2 Å². The van der Waals surface area contributed by atoms with Gasteiger partial charge in [-0.1, -0.05) is 36.4 Å². The number of methoxy groups -OCH3 is 2. The third kappa shape index (κ3) is 5.51. The quantitative estimate of drug-likeness (QED) is 0.465. The molecular formula is C24H25NO5S. The number of benzene rings is 3. The molecule has 0 aliphatic carbocycles. The van der Waals surface area contributed by atoms with Crippen LogP contribution in [0.5, 0.6) is 11.5 Å². The van der Waals surface area contributed by atoms with Crippen LogP contribution in [0.15, 0.2) is 77.7 Å². The monoisotopic (exact) mass is 439 g/mol. The molecule has 0 aromatic heterocycles. The number of sulfonamides is 1. The van der Waals surface area contributed by atoms with Gasteiger partial charge in [-0.25, -0.2) is 8.42 Å². The molecule has 0 saturated carbocycles. The van der Waals surface area contributed by atoms with E-state index in [1.807, 2.05) is 24.3 Å². The molecule has 0 amide bonds. The number of Topliss-reactive ketones (excluding diaryl/α,β-unsaturated/α-hetero) is 1. The first-order chi connectivity index (χ1) is 14.8. The van der Waals surface area contributed by atoms with Gasteiger partial charge in [-0.05, 0) is 54.4 Å². The summed E-state index contributed by atoms with van der Waals surface area (Å²) >= 11 is 0. The molecule has 0 atom stereocenters. The van der Waals surface area contributed by atoms with Crippen LogP contribution in [0.1, 0.15) is 28.4 Å². The van der Waals surface area contributed by atoms with Gasteiger partial charge < -0.3 is 9.47 Å². The summed E-state index contributed by atoms with van der Waals surface area (Å²) in [7, 11) is -0.645. The lowest BCUT2D eigenvalue weighted by molar-refractivity contribution is 0.101. The van der Waals surface area contributed by atoms with Gasteiger partial charge >= 0.3 is 0 Å². The number of ketones is 1. The number of ether oxygens (including phenoxy) is 2. The minimum absolute atomic E-state index is 0.114. The minimum atomic E-state index is -3.81. The number of carbonyl (C=O) groups is 1. The molecule has 0 unspecified atom stereocenters. The van der Waals surface area contributed by atoms with E-state index < -0.39 is 10.0 Å². The molecule has 3 aromatic carbocycles. The standard InChI is InChI=1S/C24H25NO5S/c1-18(26)21-8-14-24(15-9-21)31(27,28)25(16-19-4-10-22(29-2)11-5-19)17-20-6-12-23(30-3)13-7-20/h4-15H,16-17H2,1-3H3. The van der Waals surface area contributed by atoms with Crippen molar-refractivity contribution in [3.8, 4) is 11.5 Å². The van der Waals surface area contributed by atoms with Gasteiger partial charge in [0.05, 0.1) is 19.1 Å². The molecule has 0 N–H and O–H groups in total. The summed E-state index contributed by atoms with van der Waals surface area (Å²) in [5.74, 6) is 1.29. The fourth-order valence-corrected chi connectivity index (χ4v) is 4.52. The first-order valence-corrected chi connectivity index (χ1v) is 11.1. The fraction of sp³-hybridized carbons (Fsp3) is 0.208. The maximum atomic E-state index is 13.5. The van der Waals surface area contributed by atoms with E-state index in [-0.39, 0.29) is 23.8 Å². The molecule has 3 rings (SSSR count). The van der Waals surface area contributed by atoms with Crippen LogP contribution in [0.4, 0.5) is 0 Å². The summed E-state index contributed by atoms with van der Waals surface area (Å²) in [6, 6.07) is 20.6. The molecule has 0 aliphatic rings. The van der Waals surface area contributed by atoms with E-state index in [0.717, 1.165) is 11.1 Å². The van der Waals surface area contributed by atoms with Crippen molar-refractivity contribution in [1.29, 1.82) is 0 Å². The zero-order valence-electron chi connectivity index (χ0n) is 17.7. The Labute approximate surface area is 183 Å². The van der Waals surface area contributed by atoms with Crippen LogP contribution in [-0.4, -0.2) is 32.7 Å². The summed E-state index contributed by atoms with van der Waals surface area (Å²) in [5, 5.41) is 0. The van der Waals surface area contributed by atoms with Crippen molar-refractivity contribution in [2.75, 3.05) is 14.2 Å². The Morgan fingerprint density at radius 2 is 1.16 bits per heavy atom. The second-order valence-corrected chi connectivity index (χ2v) is 8.99. The number of rotatable bonds is 9. The molecule has 0 aliphatic heterocycles. The Bertz CT molecular complexity index is 1070. The largest absolute Gasteiger partial charge is 0.497 e. The van der Waals surface area contributed by atoms with Gasteiger partial charge in [0.25, 0.3) is 0 Å². The van der Waals surface area contributed by atoms with Crippen LogP contribution >= 0.6 is 0 Å². The number of carbonyl (C=O) groups excluding carboxylic acids is 1. The maximum absolute atomic E-state index is 13.5. The highest BCUT2D eigenvalue weighted by Crippen LogP contribution is 2.23. The van der Waals surface area contributed by atoms with E-state index in [0.29, 0.717) is 17.1 Å².